The SMILES string of the molecule is Cc1nsc(Nc2c(C#N)cnc3ccccc23)n1. The van der Waals surface area contributed by atoms with Crippen LogP contribution < -0.4 is 5.32 Å². The van der Waals surface area contributed by atoms with Crippen molar-refractivity contribution in [1.82, 2.24) is 14.3 Å². The molecule has 1 aromatic carbocycles. The second kappa shape index (κ2) is 4.63. The Morgan fingerprint density at radius 1 is 1.32 bits per heavy atom. The number of rotatable bonds is 2. The summed E-state index contributed by atoms with van der Waals surface area (Å²) in [6, 6.07) is 9.82. The van der Waals surface area contributed by atoms with Crippen LogP contribution in [0, 0.1) is 18.3 Å². The Balaban J connectivity index is 2.17. The molecular formula is C13H9N5S. The van der Waals surface area contributed by atoms with E-state index in [0.717, 1.165) is 16.6 Å². The van der Waals surface area contributed by atoms with E-state index in [-0.39, 0.29) is 0 Å². The minimum absolute atomic E-state index is 0.492. The number of pyridine rings is 1. The standard InChI is InChI=1S/C13H9N5S/c1-8-16-13(19-18-8)17-12-9(6-14)7-15-11-5-3-2-4-10(11)12/h2-5,7H,1H3,(H,15,16,17,18). The van der Waals surface area contributed by atoms with Crippen LogP contribution in [0.1, 0.15) is 11.4 Å². The number of benzene rings is 1. The third kappa shape index (κ3) is 2.11. The Labute approximate surface area is 113 Å². The number of aromatic nitrogens is 3. The van der Waals surface area contributed by atoms with E-state index in [1.54, 1.807) is 6.20 Å². The van der Waals surface area contributed by atoms with Gasteiger partial charge in [0.1, 0.15) is 11.9 Å². The summed E-state index contributed by atoms with van der Waals surface area (Å²) in [6.45, 7) is 1.83. The van der Waals surface area contributed by atoms with Crippen LogP contribution in [0.2, 0.25) is 0 Å². The quantitative estimate of drug-likeness (QED) is 0.772. The highest BCUT2D eigenvalue weighted by Gasteiger charge is 2.10. The first-order valence-corrected chi connectivity index (χ1v) is 6.40. The van der Waals surface area contributed by atoms with Crippen molar-refractivity contribution >= 4 is 33.3 Å². The molecule has 0 spiro atoms. The fourth-order valence-electron chi connectivity index (χ4n) is 1.82. The van der Waals surface area contributed by atoms with E-state index in [9.17, 15) is 5.26 Å². The number of fused-ring (bicyclic) bond motifs is 1. The lowest BCUT2D eigenvalue weighted by Gasteiger charge is -2.08. The topological polar surface area (TPSA) is 74.5 Å². The predicted octanol–water partition coefficient (Wildman–Crippen LogP) is 3.01. The molecule has 3 rings (SSSR count). The van der Waals surface area contributed by atoms with E-state index < -0.39 is 0 Å². The molecule has 0 aliphatic heterocycles. The van der Waals surface area contributed by atoms with Crippen LogP contribution in [0.5, 0.6) is 0 Å². The van der Waals surface area contributed by atoms with Gasteiger partial charge in [0.15, 0.2) is 0 Å². The molecule has 3 aromatic rings. The number of nitrogens with one attached hydrogen (secondary N) is 1. The number of hydrogen-bond acceptors (Lipinski definition) is 6. The maximum atomic E-state index is 9.20. The molecule has 6 heteroatoms. The van der Waals surface area contributed by atoms with Crippen LogP contribution in [-0.2, 0) is 0 Å². The molecule has 0 saturated carbocycles. The van der Waals surface area contributed by atoms with Gasteiger partial charge in [-0.2, -0.15) is 9.64 Å². The van der Waals surface area contributed by atoms with Crippen molar-refractivity contribution in [2.45, 2.75) is 6.92 Å². The average Bonchev–Trinajstić information content (AvgIpc) is 2.85. The van der Waals surface area contributed by atoms with Crippen LogP contribution in [-0.4, -0.2) is 14.3 Å². The molecule has 1 N–H and O–H groups in total. The molecule has 0 saturated heterocycles. The summed E-state index contributed by atoms with van der Waals surface area (Å²) < 4.78 is 4.12. The van der Waals surface area contributed by atoms with E-state index in [0.29, 0.717) is 16.5 Å². The Morgan fingerprint density at radius 3 is 2.89 bits per heavy atom. The summed E-state index contributed by atoms with van der Waals surface area (Å²) in [5.74, 6) is 0.712. The van der Waals surface area contributed by atoms with E-state index in [2.05, 4.69) is 25.7 Å². The molecule has 0 unspecified atom stereocenters. The molecule has 0 radical (unpaired) electrons. The second-order valence-electron chi connectivity index (χ2n) is 3.95. The average molecular weight is 267 g/mol. The maximum absolute atomic E-state index is 9.20. The molecular weight excluding hydrogens is 258 g/mol. The molecule has 0 aliphatic carbocycles. The minimum atomic E-state index is 0.492. The summed E-state index contributed by atoms with van der Waals surface area (Å²) in [5, 5.41) is 13.9. The number of nitrogens with zero attached hydrogens (tertiary/aromatic N) is 4. The smallest absolute Gasteiger partial charge is 0.207 e. The third-order valence-corrected chi connectivity index (χ3v) is 3.38. The fraction of sp³-hybridized carbons (Fsp3) is 0.0769. The molecule has 0 atom stereocenters. The normalized spacial score (nSPS) is 10.3. The predicted molar refractivity (Wildman–Crippen MR) is 74.4 cm³/mol. The van der Waals surface area contributed by atoms with Gasteiger partial charge in [-0.25, -0.2) is 4.98 Å². The van der Waals surface area contributed by atoms with Gasteiger partial charge < -0.3 is 5.32 Å². The summed E-state index contributed by atoms with van der Waals surface area (Å²) >= 11 is 1.27. The molecule has 0 fully saturated rings. The van der Waals surface area contributed by atoms with Crippen LogP contribution in [0.3, 0.4) is 0 Å². The second-order valence-corrected chi connectivity index (χ2v) is 4.70. The minimum Gasteiger partial charge on any atom is -0.329 e. The zero-order chi connectivity index (χ0) is 13.2. The molecule has 2 heterocycles. The van der Waals surface area contributed by atoms with Crippen molar-refractivity contribution in [3.63, 3.8) is 0 Å². The van der Waals surface area contributed by atoms with Crippen molar-refractivity contribution < 1.29 is 0 Å². The fourth-order valence-corrected chi connectivity index (χ4v) is 2.40. The van der Waals surface area contributed by atoms with E-state index in [1.165, 1.54) is 11.5 Å². The van der Waals surface area contributed by atoms with Crippen molar-refractivity contribution in [1.29, 1.82) is 5.26 Å². The van der Waals surface area contributed by atoms with Gasteiger partial charge in [-0.05, 0) is 13.0 Å². The van der Waals surface area contributed by atoms with E-state index >= 15 is 0 Å². The van der Waals surface area contributed by atoms with Crippen LogP contribution >= 0.6 is 11.5 Å². The monoisotopic (exact) mass is 267 g/mol. The van der Waals surface area contributed by atoms with Crippen molar-refractivity contribution in [3.8, 4) is 6.07 Å². The lowest BCUT2D eigenvalue weighted by Crippen LogP contribution is -1.96. The van der Waals surface area contributed by atoms with Gasteiger partial charge in [0.05, 0.1) is 16.8 Å². The first-order valence-electron chi connectivity index (χ1n) is 5.63. The Bertz CT molecular complexity index is 787. The van der Waals surface area contributed by atoms with Gasteiger partial charge in [-0.1, -0.05) is 18.2 Å². The van der Waals surface area contributed by atoms with Gasteiger partial charge in [-0.3, -0.25) is 4.98 Å². The van der Waals surface area contributed by atoms with Gasteiger partial charge in [-0.15, -0.1) is 0 Å². The maximum Gasteiger partial charge on any atom is 0.207 e. The molecule has 92 valence electrons. The molecule has 19 heavy (non-hydrogen) atoms. The van der Waals surface area contributed by atoms with Gasteiger partial charge in [0.25, 0.3) is 0 Å². The zero-order valence-corrected chi connectivity index (χ0v) is 10.9. The number of para-hydroxylation sites is 1. The highest BCUT2D eigenvalue weighted by atomic mass is 32.1. The molecule has 5 nitrogen and oxygen atoms in total. The lowest BCUT2D eigenvalue weighted by atomic mass is 10.1. The lowest BCUT2D eigenvalue weighted by molar-refractivity contribution is 1.17. The van der Waals surface area contributed by atoms with Crippen LogP contribution in [0.15, 0.2) is 30.5 Å². The first kappa shape index (κ1) is 11.6. The number of anilines is 2. The number of aryl methyl sites for hydroxylation is 1. The van der Waals surface area contributed by atoms with Crippen molar-refractivity contribution in [2.75, 3.05) is 5.32 Å². The van der Waals surface area contributed by atoms with Crippen LogP contribution in [0.4, 0.5) is 10.8 Å². The molecule has 0 aliphatic rings. The Kier molecular flexibility index (Phi) is 2.82. The largest absolute Gasteiger partial charge is 0.329 e. The van der Waals surface area contributed by atoms with Gasteiger partial charge in [0.2, 0.25) is 5.13 Å². The highest BCUT2D eigenvalue weighted by Crippen LogP contribution is 2.28. The van der Waals surface area contributed by atoms with Gasteiger partial charge in [0, 0.05) is 23.1 Å². The van der Waals surface area contributed by atoms with E-state index in [4.69, 9.17) is 0 Å². The summed E-state index contributed by atoms with van der Waals surface area (Å²) in [7, 11) is 0. The number of nitriles is 1. The van der Waals surface area contributed by atoms with Crippen molar-refractivity contribution in [3.05, 3.63) is 41.9 Å². The molecule has 0 bridgehead atoms. The van der Waals surface area contributed by atoms with Crippen molar-refractivity contribution in [2.24, 2.45) is 0 Å². The summed E-state index contributed by atoms with van der Waals surface area (Å²) in [6.07, 6.45) is 1.57. The third-order valence-electron chi connectivity index (χ3n) is 2.66. The Morgan fingerprint density at radius 2 is 2.16 bits per heavy atom. The Hall–Kier alpha value is -2.52. The van der Waals surface area contributed by atoms with E-state index in [1.807, 2.05) is 31.2 Å². The number of hydrogen-bond donors (Lipinski definition) is 1. The zero-order valence-electron chi connectivity index (χ0n) is 10.1. The van der Waals surface area contributed by atoms with Crippen LogP contribution in [0.25, 0.3) is 10.9 Å². The summed E-state index contributed by atoms with van der Waals surface area (Å²) in [5.41, 5.74) is 2.06. The first-order chi connectivity index (χ1) is 9.28. The highest BCUT2D eigenvalue weighted by molar-refractivity contribution is 7.09. The molecule has 2 aromatic heterocycles. The molecule has 0 amide bonds. The summed E-state index contributed by atoms with van der Waals surface area (Å²) in [4.78, 5) is 8.52. The van der Waals surface area contributed by atoms with Gasteiger partial charge >= 0.3 is 0 Å².